The summed E-state index contributed by atoms with van der Waals surface area (Å²) in [6.45, 7) is 4.17. The third kappa shape index (κ3) is 4.41. The molecule has 1 saturated carbocycles. The van der Waals surface area contributed by atoms with Crippen molar-refractivity contribution in [3.05, 3.63) is 29.8 Å². The van der Waals surface area contributed by atoms with Crippen molar-refractivity contribution >= 4 is 29.4 Å². The third-order valence-electron chi connectivity index (χ3n) is 5.85. The van der Waals surface area contributed by atoms with E-state index in [9.17, 15) is 19.2 Å². The van der Waals surface area contributed by atoms with Gasteiger partial charge in [-0.15, -0.1) is 0 Å². The molecule has 0 atom stereocenters. The van der Waals surface area contributed by atoms with Crippen LogP contribution in [0.3, 0.4) is 0 Å². The van der Waals surface area contributed by atoms with Crippen molar-refractivity contribution in [1.82, 2.24) is 15.5 Å². The van der Waals surface area contributed by atoms with E-state index in [4.69, 9.17) is 0 Å². The topological polar surface area (TPSA) is 108 Å². The first-order chi connectivity index (χ1) is 13.9. The highest BCUT2D eigenvalue weighted by molar-refractivity contribution is 6.10. The Bertz CT molecular complexity index is 797. The molecule has 1 aromatic carbocycles. The van der Waals surface area contributed by atoms with Crippen molar-refractivity contribution < 1.29 is 19.2 Å². The summed E-state index contributed by atoms with van der Waals surface area (Å²) in [7, 11) is 0. The summed E-state index contributed by atoms with van der Waals surface area (Å²) in [4.78, 5) is 50.4. The van der Waals surface area contributed by atoms with E-state index in [2.05, 4.69) is 22.9 Å². The Morgan fingerprint density at radius 3 is 2.38 bits per heavy atom. The molecule has 1 saturated heterocycles. The van der Waals surface area contributed by atoms with Crippen molar-refractivity contribution in [3.8, 4) is 0 Å². The number of nitrogens with one attached hydrogen (secondary N) is 3. The van der Waals surface area contributed by atoms with E-state index in [0.29, 0.717) is 36.6 Å². The lowest BCUT2D eigenvalue weighted by atomic mass is 9.75. The van der Waals surface area contributed by atoms with Crippen LogP contribution in [0.4, 0.5) is 10.5 Å². The van der Waals surface area contributed by atoms with Gasteiger partial charge >= 0.3 is 6.03 Å². The maximum absolute atomic E-state index is 12.9. The van der Waals surface area contributed by atoms with Gasteiger partial charge in [-0.2, -0.15) is 0 Å². The van der Waals surface area contributed by atoms with Crippen LogP contribution in [0.2, 0.25) is 0 Å². The lowest BCUT2D eigenvalue weighted by Gasteiger charge is -2.34. The Morgan fingerprint density at radius 2 is 1.79 bits per heavy atom. The second kappa shape index (κ2) is 8.63. The van der Waals surface area contributed by atoms with E-state index in [1.807, 2.05) is 6.92 Å². The fourth-order valence-electron chi connectivity index (χ4n) is 4.05. The van der Waals surface area contributed by atoms with E-state index in [0.717, 1.165) is 24.2 Å². The fraction of sp³-hybridized carbons (Fsp3) is 0.524. The van der Waals surface area contributed by atoms with Gasteiger partial charge in [0, 0.05) is 17.8 Å². The smallest absolute Gasteiger partial charge is 0.325 e. The summed E-state index contributed by atoms with van der Waals surface area (Å²) >= 11 is 0. The number of hydrogen-bond acceptors (Lipinski definition) is 4. The first kappa shape index (κ1) is 20.8. The maximum Gasteiger partial charge on any atom is 0.325 e. The molecule has 3 rings (SSSR count). The van der Waals surface area contributed by atoms with Crippen molar-refractivity contribution in [1.29, 1.82) is 0 Å². The number of imide groups is 1. The van der Waals surface area contributed by atoms with E-state index in [1.54, 1.807) is 24.3 Å². The molecule has 0 radical (unpaired) electrons. The number of carbonyl (C=O) groups is 4. The molecular weight excluding hydrogens is 372 g/mol. The van der Waals surface area contributed by atoms with Crippen LogP contribution >= 0.6 is 0 Å². The number of benzene rings is 1. The van der Waals surface area contributed by atoms with E-state index < -0.39 is 17.5 Å². The van der Waals surface area contributed by atoms with Crippen LogP contribution in [-0.4, -0.2) is 47.3 Å². The Labute approximate surface area is 170 Å². The van der Waals surface area contributed by atoms with Gasteiger partial charge in [0.15, 0.2) is 0 Å². The summed E-state index contributed by atoms with van der Waals surface area (Å²) in [5, 5.41) is 8.20. The highest BCUT2D eigenvalue weighted by atomic mass is 16.2. The lowest BCUT2D eigenvalue weighted by Crippen LogP contribution is -2.49. The van der Waals surface area contributed by atoms with Crippen molar-refractivity contribution in [2.75, 3.05) is 18.4 Å². The molecule has 1 heterocycles. The first-order valence-corrected chi connectivity index (χ1v) is 10.2. The molecule has 2 aliphatic rings. The molecule has 5 amide bonds. The van der Waals surface area contributed by atoms with Crippen molar-refractivity contribution in [2.45, 2.75) is 51.5 Å². The highest BCUT2D eigenvalue weighted by Crippen LogP contribution is 2.37. The minimum absolute atomic E-state index is 0.187. The Morgan fingerprint density at radius 1 is 1.14 bits per heavy atom. The summed E-state index contributed by atoms with van der Waals surface area (Å²) in [5.74, 6) is -0.366. The quantitative estimate of drug-likeness (QED) is 0.637. The van der Waals surface area contributed by atoms with Crippen LogP contribution in [-0.2, 0) is 9.59 Å². The van der Waals surface area contributed by atoms with Gasteiger partial charge in [-0.1, -0.05) is 13.3 Å². The Balaban J connectivity index is 1.58. The number of urea groups is 1. The van der Waals surface area contributed by atoms with Crippen LogP contribution in [0, 0.1) is 5.92 Å². The molecule has 2 fully saturated rings. The normalized spacial score (nSPS) is 23.8. The average molecular weight is 400 g/mol. The molecule has 0 aromatic heterocycles. The molecular formula is C21H28N4O4. The van der Waals surface area contributed by atoms with Gasteiger partial charge in [0.25, 0.3) is 11.8 Å². The van der Waals surface area contributed by atoms with Gasteiger partial charge < -0.3 is 16.0 Å². The van der Waals surface area contributed by atoms with Crippen LogP contribution < -0.4 is 16.0 Å². The van der Waals surface area contributed by atoms with Gasteiger partial charge in [0.2, 0.25) is 5.91 Å². The minimum Gasteiger partial charge on any atom is -0.352 e. The molecule has 0 unspecified atom stereocenters. The fourth-order valence-corrected chi connectivity index (χ4v) is 4.05. The van der Waals surface area contributed by atoms with E-state index in [1.165, 1.54) is 0 Å². The summed E-state index contributed by atoms with van der Waals surface area (Å²) in [6.07, 6.45) is 4.12. The van der Waals surface area contributed by atoms with E-state index in [-0.39, 0.29) is 18.4 Å². The molecule has 0 bridgehead atoms. The molecule has 8 nitrogen and oxygen atoms in total. The molecule has 8 heteroatoms. The van der Waals surface area contributed by atoms with Crippen LogP contribution in [0.1, 0.15) is 56.3 Å². The summed E-state index contributed by atoms with van der Waals surface area (Å²) in [6, 6.07) is 5.93. The minimum atomic E-state index is -0.850. The molecule has 1 aliphatic carbocycles. The number of rotatable bonds is 6. The lowest BCUT2D eigenvalue weighted by molar-refractivity contribution is -0.135. The number of carbonyl (C=O) groups excluding carboxylic acids is 4. The number of amides is 5. The monoisotopic (exact) mass is 400 g/mol. The van der Waals surface area contributed by atoms with Gasteiger partial charge in [-0.05, 0) is 62.8 Å². The summed E-state index contributed by atoms with van der Waals surface area (Å²) in [5.41, 5.74) is 0.133. The van der Waals surface area contributed by atoms with Gasteiger partial charge in [-0.3, -0.25) is 19.3 Å². The molecule has 29 heavy (non-hydrogen) atoms. The van der Waals surface area contributed by atoms with Crippen LogP contribution in [0.15, 0.2) is 24.3 Å². The highest BCUT2D eigenvalue weighted by Gasteiger charge is 2.52. The zero-order valence-corrected chi connectivity index (χ0v) is 16.9. The van der Waals surface area contributed by atoms with Gasteiger partial charge in [-0.25, -0.2) is 4.79 Å². The number of anilines is 1. The molecule has 1 aromatic rings. The van der Waals surface area contributed by atoms with Gasteiger partial charge in [0.1, 0.15) is 12.1 Å². The first-order valence-electron chi connectivity index (χ1n) is 10.2. The molecule has 1 spiro atoms. The van der Waals surface area contributed by atoms with E-state index >= 15 is 0 Å². The number of nitrogens with zero attached hydrogens (tertiary/aromatic N) is 1. The zero-order chi connectivity index (χ0) is 21.0. The van der Waals surface area contributed by atoms with Crippen LogP contribution in [0.25, 0.3) is 0 Å². The molecule has 1 aliphatic heterocycles. The van der Waals surface area contributed by atoms with Crippen molar-refractivity contribution in [3.63, 3.8) is 0 Å². The Hall–Kier alpha value is -2.90. The van der Waals surface area contributed by atoms with Crippen LogP contribution in [0.5, 0.6) is 0 Å². The standard InChI is InChI=1S/C21H28N4O4/c1-3-14-9-11-21(12-10-14)19(28)25(20(29)24-21)13-17(26)23-16-7-5-15(6-8-16)18(27)22-4-2/h5-8,14H,3-4,9-13H2,1-2H3,(H,22,27)(H,23,26)(H,24,29). The van der Waals surface area contributed by atoms with Gasteiger partial charge in [0.05, 0.1) is 0 Å². The maximum atomic E-state index is 12.9. The molecule has 156 valence electrons. The number of hydrogen-bond donors (Lipinski definition) is 3. The average Bonchev–Trinajstić information content (AvgIpc) is 2.93. The predicted octanol–water partition coefficient (Wildman–Crippen LogP) is 2.27. The zero-order valence-electron chi connectivity index (χ0n) is 16.9. The SMILES string of the molecule is CCNC(=O)c1ccc(NC(=O)CN2C(=O)NC3(CCC(CC)CC3)C2=O)cc1. The summed E-state index contributed by atoms with van der Waals surface area (Å²) < 4.78 is 0. The molecule has 3 N–H and O–H groups in total. The second-order valence-electron chi connectivity index (χ2n) is 7.74. The second-order valence-corrected chi connectivity index (χ2v) is 7.74. The third-order valence-corrected chi connectivity index (χ3v) is 5.85. The largest absolute Gasteiger partial charge is 0.352 e. The van der Waals surface area contributed by atoms with Crippen molar-refractivity contribution in [2.24, 2.45) is 5.92 Å². The Kier molecular flexibility index (Phi) is 6.20. The predicted molar refractivity (Wildman–Crippen MR) is 108 cm³/mol.